The zero-order chi connectivity index (χ0) is 15.4. The van der Waals surface area contributed by atoms with Crippen LogP contribution >= 0.6 is 0 Å². The van der Waals surface area contributed by atoms with Gasteiger partial charge in [0.15, 0.2) is 0 Å². The summed E-state index contributed by atoms with van der Waals surface area (Å²) in [5.74, 6) is 1.30. The molecule has 6 nitrogen and oxygen atoms in total. The van der Waals surface area contributed by atoms with Crippen molar-refractivity contribution in [3.05, 3.63) is 52.1 Å². The van der Waals surface area contributed by atoms with Gasteiger partial charge in [-0.05, 0) is 18.6 Å². The maximum Gasteiger partial charge on any atom is 0.292 e. The molecule has 0 unspecified atom stereocenters. The molecule has 0 aliphatic carbocycles. The largest absolute Gasteiger partial charge is 0.380 e. The second-order valence-corrected chi connectivity index (χ2v) is 5.21. The van der Waals surface area contributed by atoms with Crippen LogP contribution in [0.25, 0.3) is 0 Å². The minimum Gasteiger partial charge on any atom is -0.380 e. The predicted molar refractivity (Wildman–Crippen MR) is 82.7 cm³/mol. The van der Waals surface area contributed by atoms with E-state index < -0.39 is 0 Å². The molecule has 0 bridgehead atoms. The Kier molecular flexibility index (Phi) is 4.57. The molecule has 0 atom stereocenters. The molecule has 0 radical (unpaired) electrons. The van der Waals surface area contributed by atoms with Gasteiger partial charge in [0.2, 0.25) is 0 Å². The van der Waals surface area contributed by atoms with Crippen LogP contribution in [0.1, 0.15) is 38.1 Å². The van der Waals surface area contributed by atoms with Gasteiger partial charge < -0.3 is 9.88 Å². The molecule has 112 valence electrons. The van der Waals surface area contributed by atoms with Crippen molar-refractivity contribution < 1.29 is 4.92 Å². The molecule has 0 spiro atoms. The van der Waals surface area contributed by atoms with E-state index in [-0.39, 0.29) is 10.6 Å². The minimum atomic E-state index is -0.348. The number of rotatable bonds is 6. The molecule has 1 aromatic carbocycles. The number of hydrogen-bond acceptors (Lipinski definition) is 4. The van der Waals surface area contributed by atoms with Crippen LogP contribution in [-0.2, 0) is 6.54 Å². The Hall–Kier alpha value is -2.37. The highest BCUT2D eigenvalue weighted by Gasteiger charge is 2.15. The first-order chi connectivity index (χ1) is 10.0. The summed E-state index contributed by atoms with van der Waals surface area (Å²) in [5, 5.41) is 14.2. The van der Waals surface area contributed by atoms with Crippen molar-refractivity contribution in [2.24, 2.45) is 0 Å². The van der Waals surface area contributed by atoms with Gasteiger partial charge in [0.05, 0.1) is 4.92 Å². The number of nitrogens with zero attached hydrogens (tertiary/aromatic N) is 3. The summed E-state index contributed by atoms with van der Waals surface area (Å²) in [6.45, 7) is 7.31. The zero-order valence-electron chi connectivity index (χ0n) is 12.5. The van der Waals surface area contributed by atoms with Crippen LogP contribution in [0.4, 0.5) is 11.4 Å². The Labute approximate surface area is 124 Å². The summed E-state index contributed by atoms with van der Waals surface area (Å²) in [6, 6.07) is 5.31. The summed E-state index contributed by atoms with van der Waals surface area (Å²) >= 11 is 0. The monoisotopic (exact) mass is 288 g/mol. The van der Waals surface area contributed by atoms with E-state index in [1.807, 2.05) is 23.8 Å². The summed E-state index contributed by atoms with van der Waals surface area (Å²) < 4.78 is 2.02. The number of hydrogen-bond donors (Lipinski definition) is 1. The van der Waals surface area contributed by atoms with Gasteiger partial charge in [0.25, 0.3) is 5.69 Å². The van der Waals surface area contributed by atoms with Crippen molar-refractivity contribution in [1.29, 1.82) is 0 Å². The average Bonchev–Trinajstić information content (AvgIpc) is 2.89. The fourth-order valence-corrected chi connectivity index (χ4v) is 2.32. The first-order valence-corrected chi connectivity index (χ1v) is 7.05. The van der Waals surface area contributed by atoms with Crippen LogP contribution in [0, 0.1) is 10.1 Å². The molecule has 21 heavy (non-hydrogen) atoms. The fourth-order valence-electron chi connectivity index (χ4n) is 2.32. The second kappa shape index (κ2) is 6.39. The molecule has 0 saturated heterocycles. The van der Waals surface area contributed by atoms with Gasteiger partial charge in [0.1, 0.15) is 11.5 Å². The van der Waals surface area contributed by atoms with E-state index in [0.29, 0.717) is 24.7 Å². The first kappa shape index (κ1) is 15.0. The fraction of sp³-hybridized carbons (Fsp3) is 0.400. The lowest BCUT2D eigenvalue weighted by Gasteiger charge is -2.11. The Bertz CT molecular complexity index is 634. The van der Waals surface area contributed by atoms with Gasteiger partial charge >= 0.3 is 0 Å². The third kappa shape index (κ3) is 3.39. The van der Waals surface area contributed by atoms with Gasteiger partial charge in [0, 0.05) is 37.5 Å². The Morgan fingerprint density at radius 3 is 2.81 bits per heavy atom. The molecular weight excluding hydrogens is 268 g/mol. The van der Waals surface area contributed by atoms with Crippen LogP contribution in [0.15, 0.2) is 30.6 Å². The number of nitro benzene ring substituents is 1. The summed E-state index contributed by atoms with van der Waals surface area (Å²) in [6.07, 6.45) is 3.66. The normalized spacial score (nSPS) is 10.9. The van der Waals surface area contributed by atoms with Crippen LogP contribution in [-0.4, -0.2) is 21.0 Å². The van der Waals surface area contributed by atoms with Crippen LogP contribution in [0.2, 0.25) is 0 Å². The minimum absolute atomic E-state index is 0.112. The molecule has 1 aromatic heterocycles. The SMILES string of the molecule is CCNc1ccc(Cn2ccnc2C(C)C)cc1[N+](=O)[O-]. The molecule has 2 aromatic rings. The molecule has 6 heteroatoms. The number of nitrogens with one attached hydrogen (secondary N) is 1. The molecule has 0 saturated carbocycles. The lowest BCUT2D eigenvalue weighted by atomic mass is 10.1. The highest BCUT2D eigenvalue weighted by atomic mass is 16.6. The van der Waals surface area contributed by atoms with Crippen molar-refractivity contribution in [1.82, 2.24) is 9.55 Å². The van der Waals surface area contributed by atoms with Crippen LogP contribution < -0.4 is 5.32 Å². The number of nitro groups is 1. The van der Waals surface area contributed by atoms with Gasteiger partial charge in [-0.3, -0.25) is 10.1 Å². The van der Waals surface area contributed by atoms with Crippen molar-refractivity contribution >= 4 is 11.4 Å². The second-order valence-electron chi connectivity index (χ2n) is 5.21. The summed E-state index contributed by atoms with van der Waals surface area (Å²) in [5.41, 5.74) is 1.56. The third-order valence-corrected chi connectivity index (χ3v) is 3.24. The van der Waals surface area contributed by atoms with Crippen LogP contribution in [0.5, 0.6) is 0 Å². The van der Waals surface area contributed by atoms with E-state index >= 15 is 0 Å². The average molecular weight is 288 g/mol. The first-order valence-electron chi connectivity index (χ1n) is 7.05. The molecule has 1 N–H and O–H groups in total. The van der Waals surface area contributed by atoms with Crippen LogP contribution in [0.3, 0.4) is 0 Å². The molecule has 2 rings (SSSR count). The third-order valence-electron chi connectivity index (χ3n) is 3.24. The van der Waals surface area contributed by atoms with Crippen molar-refractivity contribution in [2.75, 3.05) is 11.9 Å². The quantitative estimate of drug-likeness (QED) is 0.653. The van der Waals surface area contributed by atoms with E-state index in [0.717, 1.165) is 11.4 Å². The van der Waals surface area contributed by atoms with Gasteiger partial charge in [-0.15, -0.1) is 0 Å². The van der Waals surface area contributed by atoms with E-state index in [4.69, 9.17) is 0 Å². The lowest BCUT2D eigenvalue weighted by molar-refractivity contribution is -0.384. The summed E-state index contributed by atoms with van der Waals surface area (Å²) in [4.78, 5) is 15.2. The van der Waals surface area contributed by atoms with E-state index in [9.17, 15) is 10.1 Å². The number of benzene rings is 1. The predicted octanol–water partition coefficient (Wildman–Crippen LogP) is 3.39. The highest BCUT2D eigenvalue weighted by Crippen LogP contribution is 2.26. The number of imidazole rings is 1. The molecule has 0 fully saturated rings. The standard InChI is InChI=1S/C15H20N4O2/c1-4-16-13-6-5-12(9-14(13)19(20)21)10-18-8-7-17-15(18)11(2)3/h5-9,11,16H,4,10H2,1-3H3. The molecular formula is C15H20N4O2. The topological polar surface area (TPSA) is 73.0 Å². The Morgan fingerprint density at radius 2 is 2.19 bits per heavy atom. The van der Waals surface area contributed by atoms with E-state index in [2.05, 4.69) is 24.1 Å². The number of anilines is 1. The Morgan fingerprint density at radius 1 is 1.43 bits per heavy atom. The van der Waals surface area contributed by atoms with E-state index in [1.54, 1.807) is 18.3 Å². The maximum absolute atomic E-state index is 11.2. The van der Waals surface area contributed by atoms with Crippen molar-refractivity contribution in [2.45, 2.75) is 33.2 Å². The van der Waals surface area contributed by atoms with Crippen molar-refractivity contribution in [3.8, 4) is 0 Å². The highest BCUT2D eigenvalue weighted by molar-refractivity contribution is 5.62. The van der Waals surface area contributed by atoms with Gasteiger partial charge in [-0.2, -0.15) is 0 Å². The summed E-state index contributed by atoms with van der Waals surface area (Å²) in [7, 11) is 0. The zero-order valence-corrected chi connectivity index (χ0v) is 12.5. The number of aromatic nitrogens is 2. The Balaban J connectivity index is 2.30. The maximum atomic E-state index is 11.2. The smallest absolute Gasteiger partial charge is 0.292 e. The van der Waals surface area contributed by atoms with Crippen molar-refractivity contribution in [3.63, 3.8) is 0 Å². The molecule has 0 aliphatic heterocycles. The van der Waals surface area contributed by atoms with E-state index in [1.165, 1.54) is 0 Å². The van der Waals surface area contributed by atoms with Gasteiger partial charge in [-0.25, -0.2) is 4.98 Å². The van der Waals surface area contributed by atoms with Gasteiger partial charge in [-0.1, -0.05) is 19.9 Å². The molecule has 1 heterocycles. The molecule has 0 amide bonds. The lowest BCUT2D eigenvalue weighted by Crippen LogP contribution is -2.07. The molecule has 0 aliphatic rings.